The molecule has 4 heterocycles. The Morgan fingerprint density at radius 1 is 1.16 bits per heavy atom. The summed E-state index contributed by atoms with van der Waals surface area (Å²) in [7, 11) is 0. The second kappa shape index (κ2) is 5.33. The van der Waals surface area contributed by atoms with Gasteiger partial charge < -0.3 is 9.80 Å². The van der Waals surface area contributed by atoms with E-state index < -0.39 is 0 Å². The molecule has 0 unspecified atom stereocenters. The van der Waals surface area contributed by atoms with Gasteiger partial charge in [0.2, 0.25) is 0 Å². The minimum absolute atomic E-state index is 0.115. The van der Waals surface area contributed by atoms with Gasteiger partial charge in [0.05, 0.1) is 6.20 Å². The topological polar surface area (TPSA) is 52.6 Å². The van der Waals surface area contributed by atoms with Crippen LogP contribution in [0.25, 0.3) is 0 Å². The summed E-state index contributed by atoms with van der Waals surface area (Å²) in [6.07, 6.45) is 6.07. The summed E-state index contributed by atoms with van der Waals surface area (Å²) < 4.78 is 0. The van der Waals surface area contributed by atoms with E-state index in [1.807, 2.05) is 28.0 Å². The number of carbonyl (C=O) groups excluding carboxylic acids is 1. The molecule has 0 saturated carbocycles. The van der Waals surface area contributed by atoms with E-state index in [2.05, 4.69) is 14.9 Å². The fourth-order valence-electron chi connectivity index (χ4n) is 4.22. The molecule has 0 bridgehead atoms. The highest BCUT2D eigenvalue weighted by Crippen LogP contribution is 2.42. The van der Waals surface area contributed by atoms with E-state index in [1.165, 1.54) is 0 Å². The van der Waals surface area contributed by atoms with Gasteiger partial charge >= 0.3 is 6.03 Å². The number of likely N-dealkylation sites (tertiary alicyclic amines) is 1. The van der Waals surface area contributed by atoms with E-state index in [9.17, 15) is 4.79 Å². The molecule has 1 spiro atoms. The SMILES string of the molecule is O=C(N1CC2(C1)CN(c1cnccn1)C2)N1CCc2cc(Cl)ccc21. The maximum atomic E-state index is 12.8. The van der Waals surface area contributed by atoms with Crippen LogP contribution in [0, 0.1) is 5.41 Å². The second-order valence-electron chi connectivity index (χ2n) is 7.23. The number of carbonyl (C=O) groups is 1. The molecular weight excluding hydrogens is 338 g/mol. The highest BCUT2D eigenvalue weighted by molar-refractivity contribution is 6.30. The van der Waals surface area contributed by atoms with Crippen molar-refractivity contribution in [1.82, 2.24) is 14.9 Å². The van der Waals surface area contributed by atoms with Crippen molar-refractivity contribution in [1.29, 1.82) is 0 Å². The number of aromatic nitrogens is 2. The van der Waals surface area contributed by atoms with Crippen LogP contribution in [-0.4, -0.2) is 53.6 Å². The lowest BCUT2D eigenvalue weighted by molar-refractivity contribution is 0.00977. The van der Waals surface area contributed by atoms with Crippen molar-refractivity contribution >= 4 is 29.1 Å². The highest BCUT2D eigenvalue weighted by Gasteiger charge is 2.54. The van der Waals surface area contributed by atoms with Gasteiger partial charge in [-0.25, -0.2) is 9.78 Å². The molecule has 1 aromatic heterocycles. The molecule has 2 fully saturated rings. The van der Waals surface area contributed by atoms with Gasteiger partial charge in [-0.05, 0) is 30.2 Å². The number of fused-ring (bicyclic) bond motifs is 1. The van der Waals surface area contributed by atoms with Crippen LogP contribution >= 0.6 is 11.6 Å². The Bertz CT molecular complexity index is 829. The first-order valence-corrected chi connectivity index (χ1v) is 8.87. The van der Waals surface area contributed by atoms with E-state index in [-0.39, 0.29) is 11.4 Å². The number of benzene rings is 1. The van der Waals surface area contributed by atoms with Crippen molar-refractivity contribution in [3.05, 3.63) is 47.4 Å². The highest BCUT2D eigenvalue weighted by atomic mass is 35.5. The molecule has 0 atom stereocenters. The third-order valence-corrected chi connectivity index (χ3v) is 5.65. The fourth-order valence-corrected chi connectivity index (χ4v) is 4.41. The van der Waals surface area contributed by atoms with Crippen LogP contribution in [0.3, 0.4) is 0 Å². The van der Waals surface area contributed by atoms with Crippen molar-refractivity contribution in [2.75, 3.05) is 42.5 Å². The summed E-state index contributed by atoms with van der Waals surface area (Å²) in [6, 6.07) is 5.89. The lowest BCUT2D eigenvalue weighted by Gasteiger charge is -2.60. The molecule has 0 radical (unpaired) electrons. The quantitative estimate of drug-likeness (QED) is 0.788. The number of nitrogens with zero attached hydrogens (tertiary/aromatic N) is 5. The molecule has 2 aromatic rings. The molecule has 2 amide bonds. The smallest absolute Gasteiger partial charge is 0.324 e. The first-order chi connectivity index (χ1) is 12.1. The zero-order chi connectivity index (χ0) is 17.0. The summed E-state index contributed by atoms with van der Waals surface area (Å²) in [5.74, 6) is 0.920. The van der Waals surface area contributed by atoms with E-state index in [0.717, 1.165) is 61.2 Å². The Morgan fingerprint density at radius 3 is 2.76 bits per heavy atom. The third-order valence-electron chi connectivity index (χ3n) is 5.42. The van der Waals surface area contributed by atoms with Gasteiger partial charge in [0.15, 0.2) is 0 Å². The van der Waals surface area contributed by atoms with Gasteiger partial charge in [0.1, 0.15) is 5.82 Å². The van der Waals surface area contributed by atoms with Crippen LogP contribution in [0.2, 0.25) is 5.02 Å². The molecule has 3 aliphatic rings. The Balaban J connectivity index is 1.22. The molecule has 5 rings (SSSR count). The van der Waals surface area contributed by atoms with Crippen molar-refractivity contribution < 1.29 is 4.79 Å². The summed E-state index contributed by atoms with van der Waals surface area (Å²) in [5, 5.41) is 0.731. The lowest BCUT2D eigenvalue weighted by atomic mass is 9.73. The standard InChI is InChI=1S/C18H18ClN5O/c19-14-1-2-15-13(7-14)3-6-24(15)17(25)23-11-18(12-23)9-22(10-18)16-8-20-4-5-21-16/h1-2,4-5,7-8H,3,6,9-12H2. The average molecular weight is 356 g/mol. The van der Waals surface area contributed by atoms with Crippen LogP contribution in [0.1, 0.15) is 5.56 Å². The minimum atomic E-state index is 0.115. The lowest BCUT2D eigenvalue weighted by Crippen LogP contribution is -2.74. The predicted molar refractivity (Wildman–Crippen MR) is 96.1 cm³/mol. The maximum absolute atomic E-state index is 12.8. The number of amides is 2. The summed E-state index contributed by atoms with van der Waals surface area (Å²) in [5.41, 5.74) is 2.40. The largest absolute Gasteiger partial charge is 0.354 e. The third kappa shape index (κ3) is 2.35. The normalized spacial score (nSPS) is 20.3. The predicted octanol–water partition coefficient (Wildman–Crippen LogP) is 2.43. The van der Waals surface area contributed by atoms with E-state index in [4.69, 9.17) is 11.6 Å². The Morgan fingerprint density at radius 2 is 2.00 bits per heavy atom. The van der Waals surface area contributed by atoms with Crippen LogP contribution in [0.4, 0.5) is 16.3 Å². The van der Waals surface area contributed by atoms with E-state index in [0.29, 0.717) is 0 Å². The maximum Gasteiger partial charge on any atom is 0.324 e. The summed E-state index contributed by atoms with van der Waals surface area (Å²) >= 11 is 6.05. The Kier molecular flexibility index (Phi) is 3.19. The van der Waals surface area contributed by atoms with Crippen LogP contribution in [0.5, 0.6) is 0 Å². The van der Waals surface area contributed by atoms with Gasteiger partial charge in [-0.2, -0.15) is 0 Å². The number of anilines is 2. The fraction of sp³-hybridized carbons (Fsp3) is 0.389. The number of rotatable bonds is 1. The van der Waals surface area contributed by atoms with E-state index in [1.54, 1.807) is 18.6 Å². The van der Waals surface area contributed by atoms with Crippen LogP contribution in [-0.2, 0) is 6.42 Å². The molecule has 7 heteroatoms. The number of urea groups is 1. The zero-order valence-electron chi connectivity index (χ0n) is 13.7. The first-order valence-electron chi connectivity index (χ1n) is 8.49. The molecule has 128 valence electrons. The molecular formula is C18H18ClN5O. The van der Waals surface area contributed by atoms with Crippen molar-refractivity contribution in [3.8, 4) is 0 Å². The zero-order valence-corrected chi connectivity index (χ0v) is 14.5. The Hall–Kier alpha value is -2.34. The molecule has 25 heavy (non-hydrogen) atoms. The molecule has 0 aliphatic carbocycles. The van der Waals surface area contributed by atoms with Crippen LogP contribution in [0.15, 0.2) is 36.8 Å². The molecule has 0 N–H and O–H groups in total. The monoisotopic (exact) mass is 355 g/mol. The van der Waals surface area contributed by atoms with Crippen molar-refractivity contribution in [3.63, 3.8) is 0 Å². The summed E-state index contributed by atoms with van der Waals surface area (Å²) in [4.78, 5) is 27.4. The van der Waals surface area contributed by atoms with Gasteiger partial charge in [0, 0.05) is 61.2 Å². The number of hydrogen-bond donors (Lipinski definition) is 0. The van der Waals surface area contributed by atoms with Gasteiger partial charge in [0.25, 0.3) is 0 Å². The molecule has 3 aliphatic heterocycles. The summed E-state index contributed by atoms with van der Waals surface area (Å²) in [6.45, 7) is 4.27. The second-order valence-corrected chi connectivity index (χ2v) is 7.67. The first kappa shape index (κ1) is 15.0. The molecule has 1 aromatic carbocycles. The van der Waals surface area contributed by atoms with Gasteiger partial charge in [-0.3, -0.25) is 9.88 Å². The molecule has 6 nitrogen and oxygen atoms in total. The minimum Gasteiger partial charge on any atom is -0.354 e. The number of halogens is 1. The van der Waals surface area contributed by atoms with E-state index >= 15 is 0 Å². The average Bonchev–Trinajstić information content (AvgIpc) is 2.96. The number of hydrogen-bond acceptors (Lipinski definition) is 4. The Labute approximate surface area is 151 Å². The van der Waals surface area contributed by atoms with Crippen molar-refractivity contribution in [2.24, 2.45) is 5.41 Å². The van der Waals surface area contributed by atoms with Crippen molar-refractivity contribution in [2.45, 2.75) is 6.42 Å². The van der Waals surface area contributed by atoms with Gasteiger partial charge in [-0.15, -0.1) is 0 Å². The van der Waals surface area contributed by atoms with Crippen LogP contribution < -0.4 is 9.80 Å². The molecule has 2 saturated heterocycles. The van der Waals surface area contributed by atoms with Gasteiger partial charge in [-0.1, -0.05) is 11.6 Å².